The van der Waals surface area contributed by atoms with E-state index in [-0.39, 0.29) is 5.97 Å². The lowest BCUT2D eigenvalue weighted by Gasteiger charge is -2.19. The third kappa shape index (κ3) is 3.92. The summed E-state index contributed by atoms with van der Waals surface area (Å²) in [5, 5.41) is 0. The molecule has 0 spiro atoms. The van der Waals surface area contributed by atoms with Crippen molar-refractivity contribution in [1.29, 1.82) is 0 Å². The molecule has 0 aliphatic carbocycles. The Hall–Kier alpha value is -2.73. The first kappa shape index (κ1) is 16.6. The van der Waals surface area contributed by atoms with Gasteiger partial charge in [0.2, 0.25) is 0 Å². The lowest BCUT2D eigenvalue weighted by Crippen LogP contribution is -2.23. The molecule has 3 nitrogen and oxygen atoms in total. The Morgan fingerprint density at radius 3 is 2.26 bits per heavy atom. The van der Waals surface area contributed by atoms with E-state index in [1.54, 1.807) is 19.2 Å². The summed E-state index contributed by atoms with van der Waals surface area (Å²) in [6, 6.07) is 12.8. The molecule has 23 heavy (non-hydrogen) atoms. The highest BCUT2D eigenvalue weighted by molar-refractivity contribution is 5.90. The molecule has 0 aliphatic rings. The van der Waals surface area contributed by atoms with E-state index in [1.807, 2.05) is 51.1 Å². The molecule has 2 aromatic rings. The van der Waals surface area contributed by atoms with Gasteiger partial charge in [0.25, 0.3) is 0 Å². The number of ether oxygens (including phenoxy) is 2. The van der Waals surface area contributed by atoms with Crippen molar-refractivity contribution in [3.8, 4) is 29.2 Å². The average Bonchev–Trinajstić information content (AvgIpc) is 2.52. The second-order valence-electron chi connectivity index (χ2n) is 6.11. The Balaban J connectivity index is 2.34. The number of carbonyl (C=O) groups excluding carboxylic acids is 1. The molecule has 118 valence electrons. The SMILES string of the molecule is C#Cc1c(OC)cccc1-c1ccc(C(=O)OC(C)(C)C)cc1. The largest absolute Gasteiger partial charge is 0.495 e. The molecule has 0 saturated heterocycles. The number of methoxy groups -OCH3 is 1. The molecule has 2 rings (SSSR count). The highest BCUT2D eigenvalue weighted by Gasteiger charge is 2.18. The lowest BCUT2D eigenvalue weighted by molar-refractivity contribution is 0.00696. The van der Waals surface area contributed by atoms with Crippen LogP contribution in [0.5, 0.6) is 5.75 Å². The number of benzene rings is 2. The van der Waals surface area contributed by atoms with Crippen molar-refractivity contribution >= 4 is 5.97 Å². The van der Waals surface area contributed by atoms with Gasteiger partial charge in [-0.05, 0) is 44.5 Å². The van der Waals surface area contributed by atoms with Crippen LogP contribution in [-0.2, 0) is 4.74 Å². The minimum Gasteiger partial charge on any atom is -0.495 e. The van der Waals surface area contributed by atoms with E-state index in [1.165, 1.54) is 0 Å². The fourth-order valence-electron chi connectivity index (χ4n) is 2.21. The van der Waals surface area contributed by atoms with Gasteiger partial charge in [-0.1, -0.05) is 30.2 Å². The first-order valence-corrected chi connectivity index (χ1v) is 7.33. The van der Waals surface area contributed by atoms with Gasteiger partial charge in [-0.15, -0.1) is 6.42 Å². The predicted octanol–water partition coefficient (Wildman–Crippen LogP) is 4.30. The number of esters is 1. The second-order valence-corrected chi connectivity index (χ2v) is 6.11. The average molecular weight is 308 g/mol. The number of hydrogen-bond donors (Lipinski definition) is 0. The third-order valence-corrected chi connectivity index (χ3v) is 3.22. The van der Waals surface area contributed by atoms with Crippen LogP contribution in [-0.4, -0.2) is 18.7 Å². The van der Waals surface area contributed by atoms with Gasteiger partial charge in [-0.3, -0.25) is 0 Å². The van der Waals surface area contributed by atoms with E-state index in [4.69, 9.17) is 15.9 Å². The van der Waals surface area contributed by atoms with Gasteiger partial charge < -0.3 is 9.47 Å². The molecule has 0 radical (unpaired) electrons. The Kier molecular flexibility index (Phi) is 4.76. The van der Waals surface area contributed by atoms with Crippen LogP contribution in [0.25, 0.3) is 11.1 Å². The van der Waals surface area contributed by atoms with E-state index < -0.39 is 5.60 Å². The van der Waals surface area contributed by atoms with Gasteiger partial charge in [0, 0.05) is 5.56 Å². The number of carbonyl (C=O) groups is 1. The summed E-state index contributed by atoms with van der Waals surface area (Å²) in [5.74, 6) is 2.98. The summed E-state index contributed by atoms with van der Waals surface area (Å²) in [6.07, 6.45) is 5.61. The summed E-state index contributed by atoms with van der Waals surface area (Å²) < 4.78 is 10.7. The minimum absolute atomic E-state index is 0.341. The van der Waals surface area contributed by atoms with Crippen LogP contribution in [0.2, 0.25) is 0 Å². The molecule has 0 atom stereocenters. The van der Waals surface area contributed by atoms with Crippen LogP contribution in [0.4, 0.5) is 0 Å². The van der Waals surface area contributed by atoms with Gasteiger partial charge >= 0.3 is 5.97 Å². The normalized spacial score (nSPS) is 10.7. The molecule has 0 fully saturated rings. The molecular weight excluding hydrogens is 288 g/mol. The first-order valence-electron chi connectivity index (χ1n) is 7.33. The van der Waals surface area contributed by atoms with E-state index in [0.29, 0.717) is 16.9 Å². The van der Waals surface area contributed by atoms with Gasteiger partial charge in [0.15, 0.2) is 0 Å². The van der Waals surface area contributed by atoms with Crippen LogP contribution in [0.3, 0.4) is 0 Å². The fraction of sp³-hybridized carbons (Fsp3) is 0.250. The van der Waals surface area contributed by atoms with Gasteiger partial charge in [-0.2, -0.15) is 0 Å². The summed E-state index contributed by atoms with van der Waals surface area (Å²) in [7, 11) is 1.59. The summed E-state index contributed by atoms with van der Waals surface area (Å²) >= 11 is 0. The van der Waals surface area contributed by atoms with E-state index in [0.717, 1.165) is 11.1 Å². The van der Waals surface area contributed by atoms with Crippen molar-refractivity contribution in [2.24, 2.45) is 0 Å². The lowest BCUT2D eigenvalue weighted by atomic mass is 9.98. The molecule has 0 aromatic heterocycles. The summed E-state index contributed by atoms with van der Waals surface area (Å²) in [4.78, 5) is 12.1. The van der Waals surface area contributed by atoms with Gasteiger partial charge in [0.1, 0.15) is 11.4 Å². The summed E-state index contributed by atoms with van der Waals surface area (Å²) in [6.45, 7) is 5.53. The van der Waals surface area contributed by atoms with Crippen LogP contribution in [0.1, 0.15) is 36.7 Å². The molecule has 3 heteroatoms. The first-order chi connectivity index (χ1) is 10.9. The Morgan fingerprint density at radius 1 is 1.09 bits per heavy atom. The zero-order valence-electron chi connectivity index (χ0n) is 13.8. The van der Waals surface area contributed by atoms with E-state index >= 15 is 0 Å². The highest BCUT2D eigenvalue weighted by atomic mass is 16.6. The third-order valence-electron chi connectivity index (χ3n) is 3.22. The van der Waals surface area contributed by atoms with Crippen LogP contribution in [0.15, 0.2) is 42.5 Å². The van der Waals surface area contributed by atoms with Crippen LogP contribution in [0, 0.1) is 12.3 Å². The minimum atomic E-state index is -0.515. The maximum Gasteiger partial charge on any atom is 0.338 e. The van der Waals surface area contributed by atoms with Crippen molar-refractivity contribution in [3.05, 3.63) is 53.6 Å². The van der Waals surface area contributed by atoms with Crippen LogP contribution < -0.4 is 4.74 Å². The highest BCUT2D eigenvalue weighted by Crippen LogP contribution is 2.30. The molecule has 0 saturated carbocycles. The monoisotopic (exact) mass is 308 g/mol. The fourth-order valence-corrected chi connectivity index (χ4v) is 2.21. The zero-order chi connectivity index (χ0) is 17.0. The molecule has 0 bridgehead atoms. The second kappa shape index (κ2) is 6.58. The quantitative estimate of drug-likeness (QED) is 0.626. The predicted molar refractivity (Wildman–Crippen MR) is 91.5 cm³/mol. The molecule has 0 aliphatic heterocycles. The topological polar surface area (TPSA) is 35.5 Å². The van der Waals surface area contributed by atoms with Crippen LogP contribution >= 0.6 is 0 Å². The number of terminal acetylenes is 1. The van der Waals surface area contributed by atoms with Crippen molar-refractivity contribution in [2.75, 3.05) is 7.11 Å². The smallest absolute Gasteiger partial charge is 0.338 e. The van der Waals surface area contributed by atoms with Crippen molar-refractivity contribution in [3.63, 3.8) is 0 Å². The summed E-state index contributed by atoms with van der Waals surface area (Å²) in [5.41, 5.74) is 2.50. The molecular formula is C20H20O3. The maximum absolute atomic E-state index is 12.1. The van der Waals surface area contributed by atoms with E-state index in [2.05, 4.69) is 5.92 Å². The molecule has 0 heterocycles. The number of rotatable bonds is 3. The molecule has 0 unspecified atom stereocenters. The molecule has 0 N–H and O–H groups in total. The van der Waals surface area contributed by atoms with Crippen molar-refractivity contribution in [1.82, 2.24) is 0 Å². The van der Waals surface area contributed by atoms with E-state index in [9.17, 15) is 4.79 Å². The zero-order valence-corrected chi connectivity index (χ0v) is 13.8. The standard InChI is InChI=1S/C20H20O3/c1-6-16-17(8-7-9-18(16)22-5)14-10-12-15(13-11-14)19(21)23-20(2,3)4/h1,7-13H,2-5H3. The Labute approximate surface area is 137 Å². The maximum atomic E-state index is 12.1. The van der Waals surface area contributed by atoms with Crippen molar-refractivity contribution in [2.45, 2.75) is 26.4 Å². The van der Waals surface area contributed by atoms with Gasteiger partial charge in [0.05, 0.1) is 18.2 Å². The van der Waals surface area contributed by atoms with Crippen molar-refractivity contribution < 1.29 is 14.3 Å². The van der Waals surface area contributed by atoms with Gasteiger partial charge in [-0.25, -0.2) is 4.79 Å². The Bertz CT molecular complexity index is 744. The number of hydrogen-bond acceptors (Lipinski definition) is 3. The molecule has 2 aromatic carbocycles. The Morgan fingerprint density at radius 2 is 1.74 bits per heavy atom. The molecule has 0 amide bonds.